The topological polar surface area (TPSA) is 35.5 Å². The number of aliphatic hydroxyl groups excluding tert-OH is 1. The van der Waals surface area contributed by atoms with Gasteiger partial charge in [0.15, 0.2) is 0 Å². The molecular weight excluding hydrogens is 236 g/mol. The van der Waals surface area contributed by atoms with Crippen molar-refractivity contribution in [1.82, 2.24) is 10.2 Å². The van der Waals surface area contributed by atoms with Crippen molar-refractivity contribution in [2.45, 2.75) is 71.4 Å². The van der Waals surface area contributed by atoms with Gasteiger partial charge in [0, 0.05) is 18.1 Å². The number of hydrogen-bond donors (Lipinski definition) is 2. The first-order chi connectivity index (χ1) is 9.10. The van der Waals surface area contributed by atoms with E-state index in [-0.39, 0.29) is 12.1 Å². The minimum atomic E-state index is -0.0104. The zero-order valence-electron chi connectivity index (χ0n) is 13.4. The van der Waals surface area contributed by atoms with Gasteiger partial charge >= 0.3 is 0 Å². The highest BCUT2D eigenvalue weighted by Crippen LogP contribution is 2.33. The minimum absolute atomic E-state index is 0.0104. The summed E-state index contributed by atoms with van der Waals surface area (Å²) in [7, 11) is 0. The predicted octanol–water partition coefficient (Wildman–Crippen LogP) is 2.64. The van der Waals surface area contributed by atoms with Crippen molar-refractivity contribution in [3.63, 3.8) is 0 Å². The van der Waals surface area contributed by atoms with Gasteiger partial charge in [-0.25, -0.2) is 0 Å². The average molecular weight is 270 g/mol. The van der Waals surface area contributed by atoms with Crippen LogP contribution in [0.25, 0.3) is 0 Å². The van der Waals surface area contributed by atoms with E-state index in [2.05, 4.69) is 37.9 Å². The fourth-order valence-corrected chi connectivity index (χ4v) is 3.23. The van der Waals surface area contributed by atoms with Crippen LogP contribution in [0.3, 0.4) is 0 Å². The van der Waals surface area contributed by atoms with Crippen molar-refractivity contribution in [1.29, 1.82) is 0 Å². The van der Waals surface area contributed by atoms with Crippen LogP contribution < -0.4 is 5.32 Å². The van der Waals surface area contributed by atoms with E-state index in [1.807, 2.05) is 0 Å². The van der Waals surface area contributed by atoms with E-state index in [0.29, 0.717) is 6.04 Å². The summed E-state index contributed by atoms with van der Waals surface area (Å²) in [6, 6.07) is 0.649. The lowest BCUT2D eigenvalue weighted by molar-refractivity contribution is 0.137. The first-order valence-corrected chi connectivity index (χ1v) is 8.20. The van der Waals surface area contributed by atoms with Gasteiger partial charge in [0.2, 0.25) is 0 Å². The first-order valence-electron chi connectivity index (χ1n) is 8.20. The molecule has 3 nitrogen and oxygen atoms in total. The highest BCUT2D eigenvalue weighted by molar-refractivity contribution is 4.99. The number of nitrogens with zero attached hydrogens (tertiary/aromatic N) is 1. The van der Waals surface area contributed by atoms with Crippen LogP contribution in [0.1, 0.15) is 59.8 Å². The molecule has 0 bridgehead atoms. The monoisotopic (exact) mass is 270 g/mol. The third-order valence-corrected chi connectivity index (χ3v) is 4.80. The molecule has 1 aliphatic rings. The molecule has 0 aromatic heterocycles. The summed E-state index contributed by atoms with van der Waals surface area (Å²) in [5.41, 5.74) is -0.0104. The normalized spacial score (nSPS) is 29.1. The van der Waals surface area contributed by atoms with Gasteiger partial charge < -0.3 is 15.3 Å². The molecule has 114 valence electrons. The molecule has 3 unspecified atom stereocenters. The largest absolute Gasteiger partial charge is 0.394 e. The molecule has 3 atom stereocenters. The van der Waals surface area contributed by atoms with Crippen LogP contribution in [0.15, 0.2) is 0 Å². The van der Waals surface area contributed by atoms with Gasteiger partial charge in [-0.1, -0.05) is 34.1 Å². The molecule has 1 fully saturated rings. The standard InChI is InChI=1S/C16H34N2O/c1-5-10-17-16(13-19)9-8-15(11-16)18(7-3)12-14(4)6-2/h14-15,17,19H,5-13H2,1-4H3. The van der Waals surface area contributed by atoms with Crippen LogP contribution in [-0.4, -0.2) is 47.8 Å². The van der Waals surface area contributed by atoms with E-state index in [0.717, 1.165) is 38.3 Å². The Morgan fingerprint density at radius 3 is 2.63 bits per heavy atom. The van der Waals surface area contributed by atoms with E-state index in [1.165, 1.54) is 19.4 Å². The summed E-state index contributed by atoms with van der Waals surface area (Å²) in [6.07, 6.45) is 5.83. The Morgan fingerprint density at radius 2 is 2.11 bits per heavy atom. The number of hydrogen-bond acceptors (Lipinski definition) is 3. The lowest BCUT2D eigenvalue weighted by Crippen LogP contribution is -2.48. The summed E-state index contributed by atoms with van der Waals surface area (Å²) < 4.78 is 0. The molecule has 1 saturated carbocycles. The lowest BCUT2D eigenvalue weighted by Gasteiger charge is -2.33. The number of nitrogens with one attached hydrogen (secondary N) is 1. The van der Waals surface area contributed by atoms with Gasteiger partial charge in [-0.15, -0.1) is 0 Å². The third-order valence-electron chi connectivity index (χ3n) is 4.80. The number of rotatable bonds is 9. The Kier molecular flexibility index (Phi) is 7.33. The van der Waals surface area contributed by atoms with Crippen molar-refractivity contribution in [2.24, 2.45) is 5.92 Å². The first kappa shape index (κ1) is 16.9. The van der Waals surface area contributed by atoms with Crippen molar-refractivity contribution < 1.29 is 5.11 Å². The summed E-state index contributed by atoms with van der Waals surface area (Å²) in [4.78, 5) is 2.62. The SMILES string of the molecule is CCCNC1(CO)CCC(N(CC)CC(C)CC)C1. The maximum absolute atomic E-state index is 9.76. The molecule has 1 rings (SSSR count). The van der Waals surface area contributed by atoms with Gasteiger partial charge in [-0.2, -0.15) is 0 Å². The molecule has 0 amide bonds. The van der Waals surface area contributed by atoms with Crippen molar-refractivity contribution >= 4 is 0 Å². The molecule has 0 aromatic rings. The molecule has 0 heterocycles. The maximum Gasteiger partial charge on any atom is 0.0613 e. The van der Waals surface area contributed by atoms with Crippen LogP contribution in [0, 0.1) is 5.92 Å². The smallest absolute Gasteiger partial charge is 0.0613 e. The van der Waals surface area contributed by atoms with Crippen molar-refractivity contribution in [3.05, 3.63) is 0 Å². The van der Waals surface area contributed by atoms with Crippen LogP contribution in [0.5, 0.6) is 0 Å². The van der Waals surface area contributed by atoms with E-state index in [9.17, 15) is 5.11 Å². The summed E-state index contributed by atoms with van der Waals surface area (Å²) >= 11 is 0. The second-order valence-corrected chi connectivity index (χ2v) is 6.36. The number of aliphatic hydroxyl groups is 1. The molecular formula is C16H34N2O. The zero-order chi connectivity index (χ0) is 14.3. The fourth-order valence-electron chi connectivity index (χ4n) is 3.23. The Bertz CT molecular complexity index is 247. The molecule has 0 spiro atoms. The molecule has 3 heteroatoms. The lowest BCUT2D eigenvalue weighted by atomic mass is 9.97. The van der Waals surface area contributed by atoms with Gasteiger partial charge in [-0.3, -0.25) is 0 Å². The molecule has 0 aromatic carbocycles. The Morgan fingerprint density at radius 1 is 1.37 bits per heavy atom. The van der Waals surface area contributed by atoms with Crippen LogP contribution >= 0.6 is 0 Å². The highest BCUT2D eigenvalue weighted by atomic mass is 16.3. The zero-order valence-corrected chi connectivity index (χ0v) is 13.4. The second kappa shape index (κ2) is 8.23. The Balaban J connectivity index is 2.55. The summed E-state index contributed by atoms with van der Waals surface area (Å²) in [5, 5.41) is 13.4. The van der Waals surface area contributed by atoms with Crippen LogP contribution in [0.2, 0.25) is 0 Å². The summed E-state index contributed by atoms with van der Waals surface area (Å²) in [5.74, 6) is 0.771. The molecule has 0 radical (unpaired) electrons. The Labute approximate surface area is 119 Å². The molecule has 1 aliphatic carbocycles. The average Bonchev–Trinajstić information content (AvgIpc) is 2.87. The third kappa shape index (κ3) is 4.73. The fraction of sp³-hybridized carbons (Fsp3) is 1.00. The van der Waals surface area contributed by atoms with Gasteiger partial charge in [0.25, 0.3) is 0 Å². The minimum Gasteiger partial charge on any atom is -0.394 e. The van der Waals surface area contributed by atoms with E-state index in [4.69, 9.17) is 0 Å². The highest BCUT2D eigenvalue weighted by Gasteiger charge is 2.40. The van der Waals surface area contributed by atoms with Crippen molar-refractivity contribution in [3.8, 4) is 0 Å². The summed E-state index contributed by atoms with van der Waals surface area (Å²) in [6.45, 7) is 12.7. The molecule has 0 aliphatic heterocycles. The quantitative estimate of drug-likeness (QED) is 0.676. The molecule has 2 N–H and O–H groups in total. The second-order valence-electron chi connectivity index (χ2n) is 6.36. The Hall–Kier alpha value is -0.120. The van der Waals surface area contributed by atoms with Gasteiger partial charge in [0.05, 0.1) is 6.61 Å². The van der Waals surface area contributed by atoms with Gasteiger partial charge in [0.1, 0.15) is 0 Å². The maximum atomic E-state index is 9.76. The van der Waals surface area contributed by atoms with E-state index < -0.39 is 0 Å². The molecule has 0 saturated heterocycles. The van der Waals surface area contributed by atoms with E-state index >= 15 is 0 Å². The predicted molar refractivity (Wildman–Crippen MR) is 82.5 cm³/mol. The van der Waals surface area contributed by atoms with Crippen molar-refractivity contribution in [2.75, 3.05) is 26.2 Å². The van der Waals surface area contributed by atoms with Gasteiger partial charge in [-0.05, 0) is 44.7 Å². The van der Waals surface area contributed by atoms with Crippen LogP contribution in [-0.2, 0) is 0 Å². The molecule has 19 heavy (non-hydrogen) atoms. The van der Waals surface area contributed by atoms with E-state index in [1.54, 1.807) is 0 Å². The van der Waals surface area contributed by atoms with Crippen LogP contribution in [0.4, 0.5) is 0 Å².